The first-order valence-corrected chi connectivity index (χ1v) is 7.79. The van der Waals surface area contributed by atoms with E-state index in [1.807, 2.05) is 13.2 Å². The smallest absolute Gasteiger partial charge is 0.278 e. The van der Waals surface area contributed by atoms with Crippen molar-refractivity contribution in [1.82, 2.24) is 4.98 Å². The molecule has 0 aliphatic heterocycles. The molecule has 2 unspecified atom stereocenters. The topological polar surface area (TPSA) is 88.3 Å². The molecule has 0 radical (unpaired) electrons. The van der Waals surface area contributed by atoms with Crippen molar-refractivity contribution in [2.45, 2.75) is 18.2 Å². The van der Waals surface area contributed by atoms with Crippen LogP contribution in [0.4, 0.5) is 11.4 Å². The zero-order chi connectivity index (χ0) is 15.4. The second-order valence-corrected chi connectivity index (χ2v) is 5.76. The molecule has 2 aromatic rings. The predicted octanol–water partition coefficient (Wildman–Crippen LogP) is 2.67. The van der Waals surface area contributed by atoms with E-state index in [1.54, 1.807) is 36.2 Å². The molecule has 2 N–H and O–H groups in total. The van der Waals surface area contributed by atoms with Gasteiger partial charge < -0.3 is 10.4 Å². The van der Waals surface area contributed by atoms with E-state index in [0.717, 1.165) is 5.69 Å². The highest BCUT2D eigenvalue weighted by Gasteiger charge is 2.19. The summed E-state index contributed by atoms with van der Waals surface area (Å²) >= 11 is 1.57. The Morgan fingerprint density at radius 3 is 2.86 bits per heavy atom. The van der Waals surface area contributed by atoms with Crippen LogP contribution in [0, 0.1) is 10.1 Å². The van der Waals surface area contributed by atoms with Gasteiger partial charge in [-0.3, -0.25) is 15.1 Å². The van der Waals surface area contributed by atoms with E-state index >= 15 is 0 Å². The molecule has 6 nitrogen and oxygen atoms in total. The summed E-state index contributed by atoms with van der Waals surface area (Å²) in [7, 11) is 0. The molecule has 0 aliphatic carbocycles. The Bertz CT molecular complexity index is 646. The first-order chi connectivity index (χ1) is 10.1. The molecule has 1 aromatic carbocycles. The monoisotopic (exact) mass is 307 g/mol. The van der Waals surface area contributed by atoms with Crippen LogP contribution in [0.5, 0.6) is 0 Å². The molecule has 1 heterocycles. The average Bonchev–Trinajstić information content (AvgIpc) is 2.48. The zero-order valence-electron chi connectivity index (χ0n) is 11.8. The molecule has 0 amide bonds. The molecule has 0 aliphatic rings. The Balaban J connectivity index is 2.42. The number of nitrogens with one attached hydrogen (secondary N) is 1. The van der Waals surface area contributed by atoms with E-state index in [2.05, 4.69) is 10.3 Å². The molecule has 2 rings (SSSR count). The van der Waals surface area contributed by atoms with Gasteiger partial charge in [0.05, 0.1) is 22.6 Å². The lowest BCUT2D eigenvalue weighted by molar-refractivity contribution is -0.383. The molecule has 0 saturated carbocycles. The number of rotatable bonds is 6. The van der Waals surface area contributed by atoms with Crippen molar-refractivity contribution >= 4 is 34.0 Å². The summed E-state index contributed by atoms with van der Waals surface area (Å²) in [6.07, 6.45) is 3.55. The van der Waals surface area contributed by atoms with Crippen LogP contribution >= 0.6 is 11.8 Å². The summed E-state index contributed by atoms with van der Waals surface area (Å²) in [4.78, 5) is 14.9. The number of benzene rings is 1. The molecule has 0 spiro atoms. The number of fused-ring (bicyclic) bond motifs is 1. The predicted molar refractivity (Wildman–Crippen MR) is 85.9 cm³/mol. The molecule has 0 saturated heterocycles. The van der Waals surface area contributed by atoms with Crippen molar-refractivity contribution in [2.75, 3.05) is 18.2 Å². The summed E-state index contributed by atoms with van der Waals surface area (Å²) < 4.78 is 0. The number of hydrogen-bond acceptors (Lipinski definition) is 6. The third-order valence-electron chi connectivity index (χ3n) is 3.37. The normalized spacial score (nSPS) is 13.9. The second kappa shape index (κ2) is 6.73. The molecule has 0 fully saturated rings. The van der Waals surface area contributed by atoms with Gasteiger partial charge >= 0.3 is 0 Å². The standard InChI is InChI=1S/C14H17N3O3S/c1-9(13(8-18)21-2)16-11-5-6-12(17(19)20)10-4-3-7-15-14(10)11/h3-7,9,13,16,18H,8H2,1-2H3. The average molecular weight is 307 g/mol. The fraction of sp³-hybridized carbons (Fsp3) is 0.357. The van der Waals surface area contributed by atoms with Crippen LogP contribution in [0.2, 0.25) is 0 Å². The Morgan fingerprint density at radius 1 is 1.48 bits per heavy atom. The van der Waals surface area contributed by atoms with Crippen molar-refractivity contribution in [2.24, 2.45) is 0 Å². The second-order valence-electron chi connectivity index (χ2n) is 4.68. The molecule has 1 aromatic heterocycles. The van der Waals surface area contributed by atoms with Crippen molar-refractivity contribution in [3.8, 4) is 0 Å². The number of hydrogen-bond donors (Lipinski definition) is 2. The van der Waals surface area contributed by atoms with Crippen molar-refractivity contribution in [1.29, 1.82) is 0 Å². The number of pyridine rings is 1. The summed E-state index contributed by atoms with van der Waals surface area (Å²) in [5, 5.41) is 24.2. The van der Waals surface area contributed by atoms with E-state index < -0.39 is 4.92 Å². The molecule has 2 atom stereocenters. The van der Waals surface area contributed by atoms with Gasteiger partial charge in [-0.2, -0.15) is 11.8 Å². The number of aliphatic hydroxyl groups excluding tert-OH is 1. The lowest BCUT2D eigenvalue weighted by atomic mass is 10.1. The molecule has 0 bridgehead atoms. The fourth-order valence-corrected chi connectivity index (χ4v) is 2.83. The van der Waals surface area contributed by atoms with E-state index in [-0.39, 0.29) is 23.6 Å². The fourth-order valence-electron chi connectivity index (χ4n) is 2.21. The maximum absolute atomic E-state index is 11.1. The van der Waals surface area contributed by atoms with Gasteiger partial charge in [-0.1, -0.05) is 0 Å². The largest absolute Gasteiger partial charge is 0.395 e. The van der Waals surface area contributed by atoms with Gasteiger partial charge in [0.25, 0.3) is 5.69 Å². The Labute approximate surface area is 126 Å². The minimum absolute atomic E-state index is 0.0108. The highest BCUT2D eigenvalue weighted by molar-refractivity contribution is 7.99. The van der Waals surface area contributed by atoms with Gasteiger partial charge in [-0.15, -0.1) is 0 Å². The summed E-state index contributed by atoms with van der Waals surface area (Å²) in [6.45, 7) is 2.03. The summed E-state index contributed by atoms with van der Waals surface area (Å²) in [5.74, 6) is 0. The number of aromatic nitrogens is 1. The highest BCUT2D eigenvalue weighted by Crippen LogP contribution is 2.30. The van der Waals surface area contributed by atoms with Crippen LogP contribution in [0.3, 0.4) is 0 Å². The number of thioether (sulfide) groups is 1. The van der Waals surface area contributed by atoms with Crippen LogP contribution in [0.15, 0.2) is 30.5 Å². The van der Waals surface area contributed by atoms with Gasteiger partial charge in [0.1, 0.15) is 5.52 Å². The maximum atomic E-state index is 11.1. The Morgan fingerprint density at radius 2 is 2.24 bits per heavy atom. The van der Waals surface area contributed by atoms with E-state index in [9.17, 15) is 15.2 Å². The van der Waals surface area contributed by atoms with Crippen LogP contribution in [-0.2, 0) is 0 Å². The Hall–Kier alpha value is -1.86. The number of non-ortho nitro benzene ring substituents is 1. The SMILES string of the molecule is CSC(CO)C(C)Nc1ccc([N+](=O)[O-])c2cccnc12. The van der Waals surface area contributed by atoms with Gasteiger partial charge in [-0.25, -0.2) is 0 Å². The van der Waals surface area contributed by atoms with Crippen molar-refractivity contribution in [3.05, 3.63) is 40.6 Å². The zero-order valence-corrected chi connectivity index (χ0v) is 12.6. The van der Waals surface area contributed by atoms with E-state index in [0.29, 0.717) is 10.9 Å². The van der Waals surface area contributed by atoms with Crippen molar-refractivity contribution in [3.63, 3.8) is 0 Å². The van der Waals surface area contributed by atoms with Crippen LogP contribution in [0.1, 0.15) is 6.92 Å². The number of aliphatic hydroxyl groups is 1. The number of anilines is 1. The lowest BCUT2D eigenvalue weighted by Gasteiger charge is -2.22. The quantitative estimate of drug-likeness (QED) is 0.630. The molecule has 21 heavy (non-hydrogen) atoms. The van der Waals surface area contributed by atoms with Crippen molar-refractivity contribution < 1.29 is 10.0 Å². The maximum Gasteiger partial charge on any atom is 0.278 e. The van der Waals surface area contributed by atoms with Crippen LogP contribution in [0.25, 0.3) is 10.9 Å². The molecule has 7 heteroatoms. The van der Waals surface area contributed by atoms with Gasteiger partial charge in [0.2, 0.25) is 0 Å². The van der Waals surface area contributed by atoms with E-state index in [1.165, 1.54) is 6.07 Å². The molecule has 112 valence electrons. The van der Waals surface area contributed by atoms with E-state index in [4.69, 9.17) is 0 Å². The first-order valence-electron chi connectivity index (χ1n) is 6.50. The van der Waals surface area contributed by atoms with Crippen LogP contribution in [-0.4, -0.2) is 39.2 Å². The number of nitro benzene ring substituents is 1. The third-order valence-corrected chi connectivity index (χ3v) is 4.53. The highest BCUT2D eigenvalue weighted by atomic mass is 32.2. The minimum atomic E-state index is -0.407. The molecular formula is C14H17N3O3S. The lowest BCUT2D eigenvalue weighted by Crippen LogP contribution is -2.31. The molecular weight excluding hydrogens is 290 g/mol. The van der Waals surface area contributed by atoms with Gasteiger partial charge in [0, 0.05) is 23.6 Å². The van der Waals surface area contributed by atoms with Crippen LogP contribution < -0.4 is 5.32 Å². The van der Waals surface area contributed by atoms with Gasteiger partial charge in [0.15, 0.2) is 0 Å². The Kier molecular flexibility index (Phi) is 4.98. The van der Waals surface area contributed by atoms with Gasteiger partial charge in [-0.05, 0) is 31.4 Å². The summed E-state index contributed by atoms with van der Waals surface area (Å²) in [5.41, 5.74) is 1.34. The summed E-state index contributed by atoms with van der Waals surface area (Å²) in [6, 6.07) is 6.52. The minimum Gasteiger partial charge on any atom is -0.395 e. The number of nitrogens with zero attached hydrogens (tertiary/aromatic N) is 2. The number of nitro groups is 1. The first kappa shape index (κ1) is 15.5. The third kappa shape index (κ3) is 3.25.